The smallest absolute Gasteiger partial charge is 0.141 e. The van der Waals surface area contributed by atoms with Gasteiger partial charge in [0, 0.05) is 24.6 Å². The van der Waals surface area contributed by atoms with E-state index >= 15 is 0 Å². The Balaban J connectivity index is 1.68. The summed E-state index contributed by atoms with van der Waals surface area (Å²) < 4.78 is 10.9. The van der Waals surface area contributed by atoms with Gasteiger partial charge >= 0.3 is 0 Å². The second-order valence-electron chi connectivity index (χ2n) is 6.16. The molecule has 124 valence electrons. The van der Waals surface area contributed by atoms with Gasteiger partial charge in [-0.2, -0.15) is 0 Å². The fraction of sp³-hybridized carbons (Fsp3) is 0.526. The molecule has 1 aliphatic carbocycles. The lowest BCUT2D eigenvalue weighted by atomic mass is 9.87. The van der Waals surface area contributed by atoms with Crippen LogP contribution in [0.5, 0.6) is 5.75 Å². The maximum Gasteiger partial charge on any atom is 0.141 e. The van der Waals surface area contributed by atoms with Crippen molar-refractivity contribution < 1.29 is 9.26 Å². The van der Waals surface area contributed by atoms with E-state index in [-0.39, 0.29) is 0 Å². The molecule has 1 aromatic heterocycles. The molecule has 1 aliphatic rings. The number of aromatic nitrogens is 1. The van der Waals surface area contributed by atoms with Crippen molar-refractivity contribution >= 4 is 0 Å². The van der Waals surface area contributed by atoms with E-state index in [0.717, 1.165) is 55.9 Å². The number of benzene rings is 1. The molecule has 4 heteroatoms. The average Bonchev–Trinajstić information content (AvgIpc) is 3.01. The molecule has 3 rings (SSSR count). The highest BCUT2D eigenvalue weighted by Crippen LogP contribution is 2.29. The maximum absolute atomic E-state index is 5.49. The predicted octanol–water partition coefficient (Wildman–Crippen LogP) is 3.46. The number of aryl methyl sites for hydroxylation is 2. The number of ether oxygens (including phenoxy) is 1. The lowest BCUT2D eigenvalue weighted by molar-refractivity contribution is 0.378. The van der Waals surface area contributed by atoms with Crippen LogP contribution in [0, 0.1) is 0 Å². The molecule has 0 saturated carbocycles. The number of nitrogens with zero attached hydrogens (tertiary/aromatic N) is 1. The Labute approximate surface area is 138 Å². The predicted molar refractivity (Wildman–Crippen MR) is 90.9 cm³/mol. The second-order valence-corrected chi connectivity index (χ2v) is 6.16. The summed E-state index contributed by atoms with van der Waals surface area (Å²) in [4.78, 5) is 0. The summed E-state index contributed by atoms with van der Waals surface area (Å²) in [6.07, 6.45) is 5.09. The molecule has 1 N–H and O–H groups in total. The minimum Gasteiger partial charge on any atom is -0.496 e. The number of hydrogen-bond acceptors (Lipinski definition) is 4. The Bertz CT molecular complexity index is 642. The first-order chi connectivity index (χ1) is 11.3. The summed E-state index contributed by atoms with van der Waals surface area (Å²) >= 11 is 0. The third-order valence-electron chi connectivity index (χ3n) is 4.83. The summed E-state index contributed by atoms with van der Waals surface area (Å²) in [5, 5.41) is 7.91. The van der Waals surface area contributed by atoms with Crippen LogP contribution in [0.3, 0.4) is 0 Å². The number of rotatable bonds is 6. The van der Waals surface area contributed by atoms with Gasteiger partial charge in [-0.1, -0.05) is 31.1 Å². The number of hydrogen-bond donors (Lipinski definition) is 1. The Kier molecular flexibility index (Phi) is 5.01. The molecule has 0 spiro atoms. The Morgan fingerprint density at radius 3 is 2.91 bits per heavy atom. The van der Waals surface area contributed by atoms with Crippen molar-refractivity contribution in [1.82, 2.24) is 10.5 Å². The molecule has 4 nitrogen and oxygen atoms in total. The van der Waals surface area contributed by atoms with Crippen molar-refractivity contribution in [2.45, 2.75) is 58.5 Å². The van der Waals surface area contributed by atoms with Gasteiger partial charge in [-0.25, -0.2) is 0 Å². The molecule has 1 aromatic carbocycles. The second kappa shape index (κ2) is 7.18. The molecular weight excluding hydrogens is 288 g/mol. The van der Waals surface area contributed by atoms with Crippen LogP contribution in [0.25, 0.3) is 0 Å². The first kappa shape index (κ1) is 16.1. The average molecular weight is 314 g/mol. The van der Waals surface area contributed by atoms with Crippen LogP contribution in [0.15, 0.2) is 22.7 Å². The molecule has 2 aromatic rings. The molecule has 0 radical (unpaired) electrons. The lowest BCUT2D eigenvalue weighted by Gasteiger charge is -2.27. The van der Waals surface area contributed by atoms with Gasteiger partial charge in [0.05, 0.1) is 12.8 Å². The monoisotopic (exact) mass is 314 g/mol. The van der Waals surface area contributed by atoms with Gasteiger partial charge in [0.1, 0.15) is 11.5 Å². The maximum atomic E-state index is 5.49. The highest BCUT2D eigenvalue weighted by molar-refractivity contribution is 5.42. The van der Waals surface area contributed by atoms with E-state index in [0.29, 0.717) is 6.04 Å². The summed E-state index contributed by atoms with van der Waals surface area (Å²) in [7, 11) is 1.75. The summed E-state index contributed by atoms with van der Waals surface area (Å²) in [6, 6.07) is 6.87. The molecular formula is C19H26N2O2. The van der Waals surface area contributed by atoms with Crippen LogP contribution in [0.1, 0.15) is 48.4 Å². The topological polar surface area (TPSA) is 47.3 Å². The van der Waals surface area contributed by atoms with Gasteiger partial charge < -0.3 is 14.6 Å². The quantitative estimate of drug-likeness (QED) is 0.887. The molecule has 0 fully saturated rings. The first-order valence-corrected chi connectivity index (χ1v) is 8.61. The zero-order chi connectivity index (χ0) is 16.2. The summed E-state index contributed by atoms with van der Waals surface area (Å²) in [5.41, 5.74) is 5.13. The third-order valence-corrected chi connectivity index (χ3v) is 4.83. The molecule has 0 aliphatic heterocycles. The van der Waals surface area contributed by atoms with E-state index in [1.54, 1.807) is 7.11 Å². The number of nitrogens with one attached hydrogen (secondary N) is 1. The van der Waals surface area contributed by atoms with E-state index in [4.69, 9.17) is 9.26 Å². The molecule has 0 bridgehead atoms. The van der Waals surface area contributed by atoms with Gasteiger partial charge in [0.2, 0.25) is 0 Å². The number of fused-ring (bicyclic) bond motifs is 1. The molecule has 23 heavy (non-hydrogen) atoms. The van der Waals surface area contributed by atoms with E-state index in [1.807, 2.05) is 0 Å². The first-order valence-electron chi connectivity index (χ1n) is 8.61. The normalized spacial score (nSPS) is 17.1. The SMILES string of the molecule is CCc1noc(CC)c1CNC1CCc2c(cccc2OC)C1. The standard InChI is InChI=1S/C19H26N2O2/c1-4-17-16(18(5-2)23-21-17)12-20-14-9-10-15-13(11-14)7-6-8-19(15)22-3/h6-8,14,20H,4-5,9-12H2,1-3H3. The molecule has 1 atom stereocenters. The van der Waals surface area contributed by atoms with Crippen LogP contribution >= 0.6 is 0 Å². The zero-order valence-corrected chi connectivity index (χ0v) is 14.3. The fourth-order valence-corrected chi connectivity index (χ4v) is 3.52. The van der Waals surface area contributed by atoms with Crippen LogP contribution in [-0.4, -0.2) is 18.3 Å². The van der Waals surface area contributed by atoms with Crippen molar-refractivity contribution in [2.24, 2.45) is 0 Å². The van der Waals surface area contributed by atoms with Crippen molar-refractivity contribution in [3.63, 3.8) is 0 Å². The Morgan fingerprint density at radius 2 is 2.17 bits per heavy atom. The summed E-state index contributed by atoms with van der Waals surface area (Å²) in [6.45, 7) is 5.09. The van der Waals surface area contributed by atoms with Crippen LogP contribution in [0.4, 0.5) is 0 Å². The Morgan fingerprint density at radius 1 is 1.30 bits per heavy atom. The highest BCUT2D eigenvalue weighted by atomic mass is 16.5. The Hall–Kier alpha value is -1.81. The highest BCUT2D eigenvalue weighted by Gasteiger charge is 2.22. The van der Waals surface area contributed by atoms with Crippen molar-refractivity contribution in [1.29, 1.82) is 0 Å². The minimum absolute atomic E-state index is 0.499. The molecule has 0 saturated heterocycles. The fourth-order valence-electron chi connectivity index (χ4n) is 3.52. The minimum atomic E-state index is 0.499. The van der Waals surface area contributed by atoms with E-state index in [2.05, 4.69) is 42.5 Å². The molecule has 1 unspecified atom stereocenters. The van der Waals surface area contributed by atoms with Gasteiger partial charge in [-0.15, -0.1) is 0 Å². The van der Waals surface area contributed by atoms with E-state index in [9.17, 15) is 0 Å². The summed E-state index contributed by atoms with van der Waals surface area (Å²) in [5.74, 6) is 2.05. The van der Waals surface area contributed by atoms with Crippen molar-refractivity contribution in [3.05, 3.63) is 46.3 Å². The largest absolute Gasteiger partial charge is 0.496 e. The van der Waals surface area contributed by atoms with Crippen LogP contribution in [-0.2, 0) is 32.2 Å². The zero-order valence-electron chi connectivity index (χ0n) is 14.3. The van der Waals surface area contributed by atoms with Gasteiger partial charge in [-0.05, 0) is 42.9 Å². The lowest BCUT2D eigenvalue weighted by Crippen LogP contribution is -2.34. The van der Waals surface area contributed by atoms with E-state index in [1.165, 1.54) is 16.7 Å². The number of methoxy groups -OCH3 is 1. The van der Waals surface area contributed by atoms with Crippen molar-refractivity contribution in [3.8, 4) is 5.75 Å². The van der Waals surface area contributed by atoms with Crippen molar-refractivity contribution in [2.75, 3.05) is 7.11 Å². The van der Waals surface area contributed by atoms with Crippen LogP contribution in [0.2, 0.25) is 0 Å². The third kappa shape index (κ3) is 3.27. The van der Waals surface area contributed by atoms with Gasteiger partial charge in [0.25, 0.3) is 0 Å². The van der Waals surface area contributed by atoms with E-state index < -0.39 is 0 Å². The van der Waals surface area contributed by atoms with Gasteiger partial charge in [-0.3, -0.25) is 0 Å². The molecule has 0 amide bonds. The van der Waals surface area contributed by atoms with Crippen LogP contribution < -0.4 is 10.1 Å². The molecule has 1 heterocycles. The van der Waals surface area contributed by atoms with Gasteiger partial charge in [0.15, 0.2) is 0 Å².